The number of thiophene rings is 1. The predicted octanol–water partition coefficient (Wildman–Crippen LogP) is 5.44. The van der Waals surface area contributed by atoms with Crippen LogP contribution < -0.4 is 4.74 Å². The first-order valence-electron chi connectivity index (χ1n) is 11.3. The van der Waals surface area contributed by atoms with Crippen molar-refractivity contribution in [3.8, 4) is 5.75 Å². The molecule has 32 heavy (non-hydrogen) atoms. The SMILES string of the molecule is CCC(C)CN(CC(=O)N1CCc2sccc2C1COc1ccc(Cl)cc1)C(=O)C(C)C. The first-order chi connectivity index (χ1) is 15.3. The lowest BCUT2D eigenvalue weighted by Gasteiger charge is -2.37. The second-order valence-corrected chi connectivity index (χ2v) is 10.2. The van der Waals surface area contributed by atoms with Crippen LogP contribution in [0.4, 0.5) is 0 Å². The van der Waals surface area contributed by atoms with E-state index in [9.17, 15) is 9.59 Å². The van der Waals surface area contributed by atoms with Gasteiger partial charge in [0.05, 0.1) is 12.6 Å². The number of halogens is 1. The maximum Gasteiger partial charge on any atom is 0.242 e. The van der Waals surface area contributed by atoms with Gasteiger partial charge in [0, 0.05) is 28.9 Å². The first-order valence-corrected chi connectivity index (χ1v) is 12.6. The van der Waals surface area contributed by atoms with E-state index in [-0.39, 0.29) is 30.3 Å². The number of hydrogen-bond donors (Lipinski definition) is 0. The minimum absolute atomic E-state index is 0.0242. The lowest BCUT2D eigenvalue weighted by molar-refractivity contribution is -0.144. The van der Waals surface area contributed by atoms with Gasteiger partial charge in [-0.2, -0.15) is 0 Å². The maximum atomic E-state index is 13.5. The van der Waals surface area contributed by atoms with Gasteiger partial charge in [0.1, 0.15) is 12.4 Å². The van der Waals surface area contributed by atoms with Gasteiger partial charge in [-0.15, -0.1) is 11.3 Å². The third-order valence-electron chi connectivity index (χ3n) is 6.00. The largest absolute Gasteiger partial charge is 0.491 e. The Morgan fingerprint density at radius 1 is 1.22 bits per heavy atom. The van der Waals surface area contributed by atoms with E-state index in [1.54, 1.807) is 28.4 Å². The van der Waals surface area contributed by atoms with Crippen LogP contribution in [0.3, 0.4) is 0 Å². The van der Waals surface area contributed by atoms with Crippen molar-refractivity contribution in [3.63, 3.8) is 0 Å². The van der Waals surface area contributed by atoms with Crippen LogP contribution >= 0.6 is 22.9 Å². The average Bonchev–Trinajstić information content (AvgIpc) is 3.26. The van der Waals surface area contributed by atoms with E-state index >= 15 is 0 Å². The van der Waals surface area contributed by atoms with Gasteiger partial charge in [-0.25, -0.2) is 0 Å². The summed E-state index contributed by atoms with van der Waals surface area (Å²) >= 11 is 7.71. The monoisotopic (exact) mass is 476 g/mol. The van der Waals surface area contributed by atoms with Crippen molar-refractivity contribution in [2.24, 2.45) is 11.8 Å². The number of ether oxygens (including phenoxy) is 1. The molecule has 0 radical (unpaired) electrons. The molecule has 0 saturated heterocycles. The van der Waals surface area contributed by atoms with Crippen molar-refractivity contribution >= 4 is 34.8 Å². The Bertz CT molecular complexity index is 912. The summed E-state index contributed by atoms with van der Waals surface area (Å²) in [5.41, 5.74) is 1.15. The Morgan fingerprint density at radius 2 is 1.94 bits per heavy atom. The van der Waals surface area contributed by atoms with Crippen LogP contribution in [0, 0.1) is 11.8 Å². The van der Waals surface area contributed by atoms with Crippen LogP contribution in [0.2, 0.25) is 5.02 Å². The molecule has 2 aromatic rings. The van der Waals surface area contributed by atoms with E-state index in [1.165, 1.54) is 4.88 Å². The summed E-state index contributed by atoms with van der Waals surface area (Å²) in [5, 5.41) is 2.73. The fraction of sp³-hybridized carbons (Fsp3) is 0.520. The van der Waals surface area contributed by atoms with Gasteiger partial charge in [0.2, 0.25) is 11.8 Å². The molecule has 0 spiro atoms. The standard InChI is InChI=1S/C25H33ClN2O3S/c1-5-18(4)14-27(25(30)17(2)3)15-24(29)28-12-10-23-21(11-13-32-23)22(28)16-31-20-8-6-19(26)7-9-20/h6-9,11,13,17-18,22H,5,10,12,14-16H2,1-4H3. The summed E-state index contributed by atoms with van der Waals surface area (Å²) < 4.78 is 6.05. The highest BCUT2D eigenvalue weighted by Gasteiger charge is 2.34. The van der Waals surface area contributed by atoms with Gasteiger partial charge in [-0.05, 0) is 53.6 Å². The van der Waals surface area contributed by atoms with Crippen molar-refractivity contribution in [1.29, 1.82) is 0 Å². The molecule has 2 amide bonds. The third kappa shape index (κ3) is 6.04. The van der Waals surface area contributed by atoms with Crippen LogP contribution in [0.25, 0.3) is 0 Å². The number of carbonyl (C=O) groups is 2. The van der Waals surface area contributed by atoms with Crippen molar-refractivity contribution in [2.45, 2.75) is 46.6 Å². The van der Waals surface area contributed by atoms with Crippen molar-refractivity contribution in [1.82, 2.24) is 9.80 Å². The lowest BCUT2D eigenvalue weighted by atomic mass is 10.00. The molecule has 2 heterocycles. The van der Waals surface area contributed by atoms with E-state index in [2.05, 4.69) is 25.3 Å². The van der Waals surface area contributed by atoms with Gasteiger partial charge in [-0.3, -0.25) is 9.59 Å². The Morgan fingerprint density at radius 3 is 2.59 bits per heavy atom. The number of amides is 2. The highest BCUT2D eigenvalue weighted by Crippen LogP contribution is 2.34. The molecule has 7 heteroatoms. The number of hydrogen-bond acceptors (Lipinski definition) is 4. The predicted molar refractivity (Wildman–Crippen MR) is 130 cm³/mol. The molecular weight excluding hydrogens is 444 g/mol. The zero-order chi connectivity index (χ0) is 23.3. The number of nitrogens with zero attached hydrogens (tertiary/aromatic N) is 2. The first kappa shape index (κ1) is 24.6. The minimum atomic E-state index is -0.173. The summed E-state index contributed by atoms with van der Waals surface area (Å²) in [7, 11) is 0. The highest BCUT2D eigenvalue weighted by molar-refractivity contribution is 7.10. The molecule has 3 rings (SSSR count). The number of fused-ring (bicyclic) bond motifs is 1. The molecule has 1 aliphatic rings. The van der Waals surface area contributed by atoms with Crippen LogP contribution in [0.5, 0.6) is 5.75 Å². The van der Waals surface area contributed by atoms with E-state index in [4.69, 9.17) is 16.3 Å². The minimum Gasteiger partial charge on any atom is -0.491 e. The molecule has 1 aliphatic heterocycles. The number of rotatable bonds is 9. The van der Waals surface area contributed by atoms with Gasteiger partial charge in [-0.1, -0.05) is 45.7 Å². The molecule has 174 valence electrons. The molecule has 1 aromatic carbocycles. The molecule has 0 saturated carbocycles. The zero-order valence-electron chi connectivity index (χ0n) is 19.3. The molecule has 2 atom stereocenters. The maximum absolute atomic E-state index is 13.5. The van der Waals surface area contributed by atoms with Crippen molar-refractivity contribution in [2.75, 3.05) is 26.2 Å². The smallest absolute Gasteiger partial charge is 0.242 e. The van der Waals surface area contributed by atoms with Crippen LogP contribution in [-0.2, 0) is 16.0 Å². The van der Waals surface area contributed by atoms with E-state index < -0.39 is 0 Å². The Balaban J connectivity index is 1.77. The zero-order valence-corrected chi connectivity index (χ0v) is 20.9. The normalized spacial score (nSPS) is 16.6. The Labute approximate surface area is 200 Å². The lowest BCUT2D eigenvalue weighted by Crippen LogP contribution is -2.49. The molecular formula is C25H33ClN2O3S. The molecule has 2 unspecified atom stereocenters. The fourth-order valence-electron chi connectivity index (χ4n) is 3.94. The fourth-order valence-corrected chi connectivity index (χ4v) is 4.99. The summed E-state index contributed by atoms with van der Waals surface area (Å²) in [6.45, 7) is 9.70. The second-order valence-electron chi connectivity index (χ2n) is 8.80. The van der Waals surface area contributed by atoms with E-state index in [0.29, 0.717) is 30.6 Å². The number of benzene rings is 1. The van der Waals surface area contributed by atoms with Crippen LogP contribution in [0.1, 0.15) is 50.6 Å². The molecule has 1 aromatic heterocycles. The Hall–Kier alpha value is -2.05. The molecule has 0 bridgehead atoms. The summed E-state index contributed by atoms with van der Waals surface area (Å²) in [6.07, 6.45) is 1.80. The third-order valence-corrected chi connectivity index (χ3v) is 7.25. The molecule has 0 fully saturated rings. The van der Waals surface area contributed by atoms with E-state index in [1.807, 2.05) is 30.9 Å². The topological polar surface area (TPSA) is 49.9 Å². The quantitative estimate of drug-likeness (QED) is 0.484. The van der Waals surface area contributed by atoms with Crippen LogP contribution in [0.15, 0.2) is 35.7 Å². The molecule has 0 aliphatic carbocycles. The highest BCUT2D eigenvalue weighted by atomic mass is 35.5. The summed E-state index contributed by atoms with van der Waals surface area (Å²) in [6, 6.07) is 9.17. The summed E-state index contributed by atoms with van der Waals surface area (Å²) in [5.74, 6) is 0.933. The van der Waals surface area contributed by atoms with Crippen molar-refractivity contribution < 1.29 is 14.3 Å². The molecule has 5 nitrogen and oxygen atoms in total. The molecule has 0 N–H and O–H groups in total. The number of carbonyl (C=O) groups excluding carboxylic acids is 2. The summed E-state index contributed by atoms with van der Waals surface area (Å²) in [4.78, 5) is 31.2. The van der Waals surface area contributed by atoms with Gasteiger partial charge in [0.25, 0.3) is 0 Å². The second kappa shape index (κ2) is 11.2. The Kier molecular flexibility index (Phi) is 8.60. The van der Waals surface area contributed by atoms with Crippen LogP contribution in [-0.4, -0.2) is 47.9 Å². The van der Waals surface area contributed by atoms with Gasteiger partial charge in [0.15, 0.2) is 0 Å². The van der Waals surface area contributed by atoms with Gasteiger partial charge < -0.3 is 14.5 Å². The van der Waals surface area contributed by atoms with Gasteiger partial charge >= 0.3 is 0 Å². The average molecular weight is 477 g/mol. The van der Waals surface area contributed by atoms with E-state index in [0.717, 1.165) is 24.2 Å². The van der Waals surface area contributed by atoms with Crippen molar-refractivity contribution in [3.05, 3.63) is 51.2 Å².